The Labute approximate surface area is 539 Å². The van der Waals surface area contributed by atoms with E-state index in [1.54, 1.807) is 72.8 Å². The van der Waals surface area contributed by atoms with Crippen molar-refractivity contribution < 1.29 is 18.9 Å². The van der Waals surface area contributed by atoms with Crippen LogP contribution >= 0.6 is 0 Å². The lowest BCUT2D eigenvalue weighted by Gasteiger charge is -2.31. The average molecular weight is 1200 g/mol. The van der Waals surface area contributed by atoms with Crippen LogP contribution in [0, 0.1) is 92.7 Å². The number of benzene rings is 10. The van der Waals surface area contributed by atoms with Crippen LogP contribution in [0.1, 0.15) is 144 Å². The van der Waals surface area contributed by atoms with Crippen molar-refractivity contribution in [1.82, 2.24) is 0 Å². The first-order valence-corrected chi connectivity index (χ1v) is 29.4. The summed E-state index contributed by atoms with van der Waals surface area (Å²) < 4.78 is 24.0. The fraction of sp³-hybridized carbons (Fsp3) is 0.146. The summed E-state index contributed by atoms with van der Waals surface area (Å²) in [5, 5.41) is 55.5. The Bertz CT molecular complexity index is 4450. The maximum atomic E-state index is 9.38. The largest absolute Gasteiger partial charge is 0.457 e. The molecule has 0 bridgehead atoms. The number of hydrogen-bond donors (Lipinski definition) is 0. The van der Waals surface area contributed by atoms with E-state index < -0.39 is 0 Å². The Morgan fingerprint density at radius 3 is 0.696 bits per heavy atom. The van der Waals surface area contributed by atoms with Gasteiger partial charge in [-0.05, 0) is 166 Å². The highest BCUT2D eigenvalue weighted by atomic mass is 16.5. The van der Waals surface area contributed by atoms with Gasteiger partial charge in [0.2, 0.25) is 0 Å². The van der Waals surface area contributed by atoms with E-state index in [1.165, 1.54) is 22.3 Å². The van der Waals surface area contributed by atoms with Crippen LogP contribution in [0.25, 0.3) is 0 Å². The topological polar surface area (TPSA) is 180 Å². The molecule has 0 saturated carbocycles. The first-order valence-electron chi connectivity index (χ1n) is 29.4. The molecule has 0 aromatic heterocycles. The third-order valence-electron chi connectivity index (χ3n) is 16.9. The van der Waals surface area contributed by atoms with Gasteiger partial charge in [-0.2, -0.15) is 31.6 Å². The zero-order valence-corrected chi connectivity index (χ0v) is 52.3. The summed E-state index contributed by atoms with van der Waals surface area (Å²) in [6, 6.07) is 81.7. The Morgan fingerprint density at radius 2 is 0.435 bits per heavy atom. The Kier molecular flexibility index (Phi) is 18.9. The molecule has 10 heteroatoms. The Morgan fingerprint density at radius 1 is 0.228 bits per heavy atom. The van der Waals surface area contributed by atoms with Crippen LogP contribution in [-0.2, 0) is 21.7 Å². The van der Waals surface area contributed by atoms with Crippen LogP contribution in [-0.4, -0.2) is 0 Å². The minimum atomic E-state index is -0.290. The molecule has 0 atom stereocenters. The molecule has 0 saturated heterocycles. The van der Waals surface area contributed by atoms with Crippen molar-refractivity contribution in [2.45, 2.75) is 77.0 Å². The summed E-state index contributed by atoms with van der Waals surface area (Å²) in [6.45, 7) is 17.6. The van der Waals surface area contributed by atoms with Crippen molar-refractivity contribution in [3.63, 3.8) is 0 Å². The summed E-state index contributed by atoms with van der Waals surface area (Å²) in [6.07, 6.45) is 11.0. The minimum absolute atomic E-state index is 0.248. The lowest BCUT2D eigenvalue weighted by atomic mass is 9.73. The highest BCUT2D eigenvalue weighted by Crippen LogP contribution is 2.41. The standard InChI is InChI=1S/2C41H31N3O2/c1-6-28-23-38(17-7-29(28)25-42)45-36-19-13-34(14-20-36)40(2,3)32-9-11-33(12-10-32)41(4,5)35-15-21-37(22-16-35)46-39-18-8-30(26-43)31(24-39)27-44;1-6-28-10-16-38(22-30(28)26-43)45-36-18-12-32(13-19-36)40(2,3)34-8-7-9-35(24-34)41(4,5)33-14-20-37(21-15-33)46-39-17-11-29(25-42)31(23-39)27-44/h2*1,7-24H,2-5H3. The van der Waals surface area contributed by atoms with Gasteiger partial charge in [0.05, 0.1) is 33.4 Å². The maximum Gasteiger partial charge on any atom is 0.128 e. The highest BCUT2D eigenvalue weighted by molar-refractivity contribution is 5.56. The van der Waals surface area contributed by atoms with Crippen molar-refractivity contribution in [1.29, 1.82) is 31.6 Å². The van der Waals surface area contributed by atoms with Crippen molar-refractivity contribution >= 4 is 0 Å². The first-order chi connectivity index (χ1) is 44.2. The van der Waals surface area contributed by atoms with Crippen LogP contribution in [0.3, 0.4) is 0 Å². The molecule has 10 rings (SSSR count). The van der Waals surface area contributed by atoms with E-state index in [1.807, 2.05) is 72.8 Å². The summed E-state index contributed by atoms with van der Waals surface area (Å²) in [7, 11) is 0. The number of nitrogens with zero attached hydrogens (tertiary/aromatic N) is 6. The molecular formula is C82H62N6O4. The average Bonchev–Trinajstić information content (AvgIpc) is 0.833. The van der Waals surface area contributed by atoms with Crippen molar-refractivity contribution in [3.8, 4) is 107 Å². The zero-order chi connectivity index (χ0) is 65.8. The van der Waals surface area contributed by atoms with Gasteiger partial charge < -0.3 is 18.9 Å². The molecule has 0 unspecified atom stereocenters. The summed E-state index contributed by atoms with van der Waals surface area (Å²) >= 11 is 0. The van der Waals surface area contributed by atoms with Gasteiger partial charge in [-0.1, -0.05) is 164 Å². The molecular weight excluding hydrogens is 1130 g/mol. The summed E-state index contributed by atoms with van der Waals surface area (Å²) in [5.41, 5.74) is 11.3. The van der Waals surface area contributed by atoms with E-state index in [9.17, 15) is 26.3 Å². The van der Waals surface area contributed by atoms with Crippen molar-refractivity contribution in [3.05, 3.63) is 307 Å². The molecule has 444 valence electrons. The molecule has 0 spiro atoms. The molecule has 0 heterocycles. The predicted octanol–water partition coefficient (Wildman–Crippen LogP) is 19.0. The minimum Gasteiger partial charge on any atom is -0.457 e. The molecule has 0 aliphatic heterocycles. The molecule has 10 aromatic carbocycles. The molecule has 0 radical (unpaired) electrons. The van der Waals surface area contributed by atoms with Crippen LogP contribution in [0.4, 0.5) is 0 Å². The lowest BCUT2D eigenvalue weighted by Crippen LogP contribution is -2.22. The predicted molar refractivity (Wildman–Crippen MR) is 357 cm³/mol. The second kappa shape index (κ2) is 27.2. The fourth-order valence-electron chi connectivity index (χ4n) is 10.7. The summed E-state index contributed by atoms with van der Waals surface area (Å²) in [5.74, 6) is 9.85. The first kappa shape index (κ1) is 63.9. The van der Waals surface area contributed by atoms with E-state index in [4.69, 9.17) is 37.1 Å². The third kappa shape index (κ3) is 14.1. The van der Waals surface area contributed by atoms with Gasteiger partial charge in [0, 0.05) is 32.8 Å². The number of ether oxygens (including phenoxy) is 4. The zero-order valence-electron chi connectivity index (χ0n) is 52.3. The molecule has 10 nitrogen and oxygen atoms in total. The Balaban J connectivity index is 0.000000217. The number of rotatable bonds is 16. The number of nitriles is 6. The third-order valence-corrected chi connectivity index (χ3v) is 16.9. The van der Waals surface area contributed by atoms with Gasteiger partial charge in [-0.25, -0.2) is 0 Å². The number of terminal acetylenes is 2. The van der Waals surface area contributed by atoms with Gasteiger partial charge in [0.25, 0.3) is 0 Å². The van der Waals surface area contributed by atoms with Gasteiger partial charge in [0.1, 0.15) is 82.4 Å². The second-order valence-electron chi connectivity index (χ2n) is 24.0. The van der Waals surface area contributed by atoms with Gasteiger partial charge in [0.15, 0.2) is 0 Å². The normalized spacial score (nSPS) is 11.0. The molecule has 10 aromatic rings. The van der Waals surface area contributed by atoms with E-state index in [0.717, 1.165) is 22.3 Å². The van der Waals surface area contributed by atoms with Gasteiger partial charge >= 0.3 is 0 Å². The molecule has 0 amide bonds. The maximum absolute atomic E-state index is 9.38. The van der Waals surface area contributed by atoms with Crippen LogP contribution < -0.4 is 18.9 Å². The van der Waals surface area contributed by atoms with Crippen molar-refractivity contribution in [2.24, 2.45) is 0 Å². The van der Waals surface area contributed by atoms with Crippen molar-refractivity contribution in [2.75, 3.05) is 0 Å². The van der Waals surface area contributed by atoms with Crippen LogP contribution in [0.15, 0.2) is 218 Å². The van der Waals surface area contributed by atoms with E-state index in [2.05, 4.69) is 176 Å². The second-order valence-corrected chi connectivity index (χ2v) is 24.0. The smallest absolute Gasteiger partial charge is 0.128 e. The summed E-state index contributed by atoms with van der Waals surface area (Å²) in [4.78, 5) is 0. The Hall–Kier alpha value is -12.5. The molecule has 0 aliphatic rings. The highest BCUT2D eigenvalue weighted by Gasteiger charge is 2.30. The quantitative estimate of drug-likeness (QED) is 0.0845. The number of hydrogen-bond acceptors (Lipinski definition) is 10. The SMILES string of the molecule is C#Cc1cc(Oc2ccc(C(C)(C)c3ccc(C(C)(C)c4ccc(Oc5ccc(C#N)c(C#N)c5)cc4)cc3)cc2)ccc1C#N.C#Cc1ccc(Oc2ccc(C(C)(C)c3cccc(C(C)(C)c4ccc(Oc5ccc(C#N)c(C#N)c5)cc4)c3)cc2)cc1C#N. The molecule has 0 aliphatic carbocycles. The van der Waals surface area contributed by atoms with E-state index >= 15 is 0 Å². The monoisotopic (exact) mass is 1190 g/mol. The fourth-order valence-corrected chi connectivity index (χ4v) is 10.7. The van der Waals surface area contributed by atoms with E-state index in [-0.39, 0.29) is 32.8 Å². The molecule has 0 fully saturated rings. The van der Waals surface area contributed by atoms with Crippen LogP contribution in [0.5, 0.6) is 46.0 Å². The van der Waals surface area contributed by atoms with Gasteiger partial charge in [-0.3, -0.25) is 0 Å². The van der Waals surface area contributed by atoms with Gasteiger partial charge in [-0.15, -0.1) is 12.8 Å². The molecule has 92 heavy (non-hydrogen) atoms. The van der Waals surface area contributed by atoms with Crippen LogP contribution in [0.2, 0.25) is 0 Å². The molecule has 0 N–H and O–H groups in total. The van der Waals surface area contributed by atoms with E-state index in [0.29, 0.717) is 79.4 Å². The lowest BCUT2D eigenvalue weighted by molar-refractivity contribution is 0.481.